The molecule has 6 bridgehead atoms. The van der Waals surface area contributed by atoms with Gasteiger partial charge in [-0.2, -0.15) is 0 Å². The quantitative estimate of drug-likeness (QED) is 0.166. The Morgan fingerprint density at radius 1 is 0.361 bits per heavy atom. The molecular formula is C55H37ClN2O2Si. The van der Waals surface area contributed by atoms with Crippen LogP contribution in [0.4, 0.5) is 34.1 Å². The Labute approximate surface area is 359 Å². The molecule has 0 unspecified atom stereocenters. The highest BCUT2D eigenvalue weighted by Gasteiger charge is 2.42. The van der Waals surface area contributed by atoms with Crippen LogP contribution in [0.15, 0.2) is 215 Å². The third-order valence-corrected chi connectivity index (χ3v) is 17.5. The van der Waals surface area contributed by atoms with Gasteiger partial charge in [-0.3, -0.25) is 0 Å². The van der Waals surface area contributed by atoms with Gasteiger partial charge in [-0.05, 0) is 106 Å². The van der Waals surface area contributed by atoms with Crippen molar-refractivity contribution in [3.05, 3.63) is 217 Å². The van der Waals surface area contributed by atoms with Gasteiger partial charge in [0.15, 0.2) is 8.07 Å². The lowest BCUT2D eigenvalue weighted by atomic mass is 10.1. The van der Waals surface area contributed by atoms with Gasteiger partial charge >= 0.3 is 0 Å². The van der Waals surface area contributed by atoms with Crippen molar-refractivity contribution in [1.82, 2.24) is 0 Å². The Balaban J connectivity index is 1.21. The normalized spacial score (nSPS) is 13.5. The predicted molar refractivity (Wildman–Crippen MR) is 257 cm³/mol. The monoisotopic (exact) mass is 820 g/mol. The molecule has 61 heavy (non-hydrogen) atoms. The molecule has 0 N–H and O–H groups in total. The zero-order chi connectivity index (χ0) is 40.7. The Kier molecular flexibility index (Phi) is 8.11. The molecule has 0 atom stereocenters. The van der Waals surface area contributed by atoms with Crippen molar-refractivity contribution in [2.75, 3.05) is 9.80 Å². The van der Waals surface area contributed by atoms with E-state index in [1.165, 1.54) is 20.7 Å². The van der Waals surface area contributed by atoms with E-state index in [0.29, 0.717) is 5.02 Å². The van der Waals surface area contributed by atoms with Crippen LogP contribution in [0.1, 0.15) is 5.56 Å². The van der Waals surface area contributed by atoms with Gasteiger partial charge < -0.3 is 18.6 Å². The van der Waals surface area contributed by atoms with Gasteiger partial charge in [-0.15, -0.1) is 0 Å². The molecule has 12 rings (SSSR count). The van der Waals surface area contributed by atoms with Gasteiger partial charge in [-0.1, -0.05) is 133 Å². The molecule has 9 aromatic carbocycles. The topological polar surface area (TPSA) is 32.8 Å². The van der Waals surface area contributed by atoms with E-state index in [1.54, 1.807) is 0 Å². The van der Waals surface area contributed by atoms with Gasteiger partial charge in [0.25, 0.3) is 0 Å². The number of hydrogen-bond acceptors (Lipinski definition) is 4. The molecule has 6 heteroatoms. The average molecular weight is 821 g/mol. The summed E-state index contributed by atoms with van der Waals surface area (Å²) >= 11 is 7.92. The number of rotatable bonds is 4. The fraction of sp³-hybridized carbons (Fsp3) is 0.0182. The van der Waals surface area contributed by atoms with Crippen LogP contribution in [0.25, 0.3) is 43.9 Å². The van der Waals surface area contributed by atoms with Crippen LogP contribution < -0.4 is 30.5 Å². The number of fused-ring (bicyclic) bond motifs is 12. The molecular weight excluding hydrogens is 784 g/mol. The second kappa shape index (κ2) is 13.9. The molecule has 0 fully saturated rings. The number of aryl methyl sites for hydroxylation is 1. The number of furan rings is 2. The van der Waals surface area contributed by atoms with Gasteiger partial charge in [0.1, 0.15) is 22.3 Å². The maximum Gasteiger partial charge on any atom is 0.179 e. The summed E-state index contributed by atoms with van der Waals surface area (Å²) in [7, 11) is -3.02. The Hall–Kier alpha value is -7.31. The van der Waals surface area contributed by atoms with E-state index in [2.05, 4.69) is 199 Å². The fourth-order valence-electron chi connectivity index (χ4n) is 9.75. The van der Waals surface area contributed by atoms with Crippen LogP contribution in [0, 0.1) is 6.92 Å². The van der Waals surface area contributed by atoms with Crippen molar-refractivity contribution in [2.45, 2.75) is 6.92 Å². The lowest BCUT2D eigenvalue weighted by molar-refractivity contribution is 0.668. The summed E-state index contributed by atoms with van der Waals surface area (Å²) in [6.45, 7) is 2.14. The maximum atomic E-state index is 7.92. The zero-order valence-corrected chi connectivity index (χ0v) is 35.0. The molecule has 4 nitrogen and oxygen atoms in total. The number of benzene rings is 9. The van der Waals surface area contributed by atoms with Crippen molar-refractivity contribution >= 4 is 118 Å². The van der Waals surface area contributed by atoms with Gasteiger partial charge in [0, 0.05) is 56.4 Å². The van der Waals surface area contributed by atoms with E-state index in [1.807, 2.05) is 24.3 Å². The summed E-state index contributed by atoms with van der Waals surface area (Å²) in [6, 6.07) is 74.3. The molecule has 0 spiro atoms. The smallest absolute Gasteiger partial charge is 0.179 e. The number of halogens is 1. The number of hydrogen-bond donors (Lipinski definition) is 0. The lowest BCUT2D eigenvalue weighted by Gasteiger charge is -2.38. The Morgan fingerprint density at radius 2 is 0.754 bits per heavy atom. The Bertz CT molecular complexity index is 3260. The van der Waals surface area contributed by atoms with Gasteiger partial charge in [0.05, 0.1) is 16.4 Å². The largest absolute Gasteiger partial charge is 0.456 e. The standard InChI is InChI=1S/C55H37ClN2O2Si/c1-36-30-49-55(56)50(31-36)58(40-27-29-48-46-23-9-11-25-52(46)60-54(48)35-40)38-15-13-21-44(33-38)61(41-16-4-2-5-17-41,42-18-6-3-7-19-42)43-20-12-14-37(32-43)57(49)39-26-28-47-45-22-8-10-24-51(45)59-53(47)34-39/h2-35H,1H3. The first-order valence-corrected chi connectivity index (χ1v) is 23.0. The lowest BCUT2D eigenvalue weighted by Crippen LogP contribution is -2.74. The van der Waals surface area contributed by atoms with Crippen molar-refractivity contribution in [3.63, 3.8) is 0 Å². The molecule has 3 heterocycles. The highest BCUT2D eigenvalue weighted by molar-refractivity contribution is 7.20. The molecule has 0 amide bonds. The summed E-state index contributed by atoms with van der Waals surface area (Å²) in [4.78, 5) is 4.61. The number of nitrogens with zero attached hydrogens (tertiary/aromatic N) is 2. The number of anilines is 6. The molecule has 0 aliphatic carbocycles. The minimum absolute atomic E-state index is 0.617. The molecule has 1 aliphatic heterocycles. The van der Waals surface area contributed by atoms with Gasteiger partial charge in [-0.25, -0.2) is 0 Å². The number of para-hydroxylation sites is 2. The van der Waals surface area contributed by atoms with Gasteiger partial charge in [0.2, 0.25) is 0 Å². The summed E-state index contributed by atoms with van der Waals surface area (Å²) in [6.07, 6.45) is 0. The SMILES string of the molecule is Cc1cc2c(Cl)c(c1)N(c1ccc3c(c1)oc1ccccc13)c1cccc(c1)[Si](c1ccccc1)(c1ccccc1)c1cccc(c1)N2c1ccc2c(c1)oc1ccccc12. The molecule has 11 aromatic rings. The minimum atomic E-state index is -3.02. The third-order valence-electron chi connectivity index (χ3n) is 12.4. The van der Waals surface area contributed by atoms with Crippen LogP contribution in [-0.2, 0) is 0 Å². The molecule has 1 aliphatic rings. The van der Waals surface area contributed by atoms with Crippen molar-refractivity contribution in [2.24, 2.45) is 0 Å². The molecule has 2 aromatic heterocycles. The van der Waals surface area contributed by atoms with E-state index < -0.39 is 8.07 Å². The van der Waals surface area contributed by atoms with Crippen molar-refractivity contribution < 1.29 is 8.83 Å². The van der Waals surface area contributed by atoms with Crippen LogP contribution in [0.2, 0.25) is 5.02 Å². The first kappa shape index (κ1) is 35.6. The molecule has 0 saturated carbocycles. The van der Waals surface area contributed by atoms with Crippen LogP contribution in [-0.4, -0.2) is 8.07 Å². The second-order valence-electron chi connectivity index (χ2n) is 15.9. The fourth-order valence-corrected chi connectivity index (χ4v) is 14.8. The van der Waals surface area contributed by atoms with E-state index in [4.69, 9.17) is 20.4 Å². The second-order valence-corrected chi connectivity index (χ2v) is 20.1. The van der Waals surface area contributed by atoms with E-state index >= 15 is 0 Å². The van der Waals surface area contributed by atoms with Crippen molar-refractivity contribution in [1.29, 1.82) is 0 Å². The maximum absolute atomic E-state index is 7.92. The van der Waals surface area contributed by atoms with E-state index in [-0.39, 0.29) is 0 Å². The third kappa shape index (κ3) is 5.51. The highest BCUT2D eigenvalue weighted by atomic mass is 35.5. The van der Waals surface area contributed by atoms with Crippen molar-refractivity contribution in [3.8, 4) is 0 Å². The van der Waals surface area contributed by atoms with Crippen LogP contribution in [0.3, 0.4) is 0 Å². The van der Waals surface area contributed by atoms with E-state index in [0.717, 1.165) is 83.6 Å². The van der Waals surface area contributed by atoms with E-state index in [9.17, 15) is 0 Å². The van der Waals surface area contributed by atoms with Crippen LogP contribution >= 0.6 is 11.6 Å². The minimum Gasteiger partial charge on any atom is -0.456 e. The summed E-state index contributed by atoms with van der Waals surface area (Å²) in [5.41, 5.74) is 10.0. The molecule has 0 saturated heterocycles. The molecule has 290 valence electrons. The predicted octanol–water partition coefficient (Wildman–Crippen LogP) is 13.1. The zero-order valence-electron chi connectivity index (χ0n) is 33.2. The summed E-state index contributed by atoms with van der Waals surface area (Å²) < 4.78 is 13.0. The molecule has 0 radical (unpaired) electrons. The summed E-state index contributed by atoms with van der Waals surface area (Å²) in [5.74, 6) is 0. The summed E-state index contributed by atoms with van der Waals surface area (Å²) in [5, 5.41) is 10.1. The first-order chi connectivity index (χ1) is 30.0. The average Bonchev–Trinajstić information content (AvgIpc) is 3.87. The highest BCUT2D eigenvalue weighted by Crippen LogP contribution is 2.49. The first-order valence-electron chi connectivity index (χ1n) is 20.6. The van der Waals surface area contributed by atoms with Crippen LogP contribution in [0.5, 0.6) is 0 Å². The Morgan fingerprint density at radius 3 is 1.23 bits per heavy atom.